The Morgan fingerprint density at radius 3 is 2.77 bits per heavy atom. The molecule has 1 amide bonds. The van der Waals surface area contributed by atoms with Crippen molar-refractivity contribution in [1.29, 1.82) is 0 Å². The number of ether oxygens (including phenoxy) is 1. The van der Waals surface area contributed by atoms with E-state index in [2.05, 4.69) is 21.0 Å². The van der Waals surface area contributed by atoms with Gasteiger partial charge in [-0.3, -0.25) is 4.79 Å². The summed E-state index contributed by atoms with van der Waals surface area (Å²) in [6, 6.07) is 15.0. The number of nitrogens with one attached hydrogen (secondary N) is 1. The molecule has 1 N–H and O–H groups in total. The number of carbonyl (C=O) groups excluding carboxylic acids is 1. The Balaban J connectivity index is 1.89. The van der Waals surface area contributed by atoms with Crippen LogP contribution in [-0.2, 0) is 6.54 Å². The number of hydrogen-bond donors (Lipinski definition) is 1. The van der Waals surface area contributed by atoms with Gasteiger partial charge in [-0.25, -0.2) is 5.43 Å². The zero-order valence-corrected chi connectivity index (χ0v) is 14.7. The van der Waals surface area contributed by atoms with Gasteiger partial charge in [-0.05, 0) is 25.1 Å². The van der Waals surface area contributed by atoms with Gasteiger partial charge in [0.2, 0.25) is 0 Å². The van der Waals surface area contributed by atoms with E-state index in [-0.39, 0.29) is 5.91 Å². The van der Waals surface area contributed by atoms with Crippen LogP contribution in [-0.4, -0.2) is 23.8 Å². The lowest BCUT2D eigenvalue weighted by Gasteiger charge is -2.06. The van der Waals surface area contributed by atoms with Crippen molar-refractivity contribution in [2.75, 3.05) is 7.11 Å². The fourth-order valence-electron chi connectivity index (χ4n) is 2.96. The van der Waals surface area contributed by atoms with Gasteiger partial charge in [-0.1, -0.05) is 36.3 Å². The van der Waals surface area contributed by atoms with Gasteiger partial charge < -0.3 is 9.30 Å². The van der Waals surface area contributed by atoms with Crippen LogP contribution >= 0.6 is 0 Å². The van der Waals surface area contributed by atoms with Gasteiger partial charge >= 0.3 is 0 Å². The van der Waals surface area contributed by atoms with Crippen LogP contribution in [0.1, 0.15) is 21.6 Å². The number of nitrogens with zero attached hydrogens (tertiary/aromatic N) is 2. The highest BCUT2D eigenvalue weighted by atomic mass is 16.5. The smallest absolute Gasteiger partial charge is 0.275 e. The number of rotatable bonds is 5. The van der Waals surface area contributed by atoms with Crippen LogP contribution in [0.5, 0.6) is 5.75 Å². The van der Waals surface area contributed by atoms with E-state index in [0.29, 0.717) is 17.9 Å². The van der Waals surface area contributed by atoms with Crippen molar-refractivity contribution >= 4 is 23.0 Å². The minimum absolute atomic E-state index is 0.330. The molecule has 0 unspecified atom stereocenters. The van der Waals surface area contributed by atoms with Crippen molar-refractivity contribution in [3.8, 4) is 18.1 Å². The van der Waals surface area contributed by atoms with Crippen molar-refractivity contribution in [3.63, 3.8) is 0 Å². The molecule has 3 aromatic rings. The van der Waals surface area contributed by atoms with E-state index < -0.39 is 0 Å². The number of amides is 1. The number of fused-ring (bicyclic) bond motifs is 1. The topological polar surface area (TPSA) is 55.6 Å². The quantitative estimate of drug-likeness (QED) is 0.438. The van der Waals surface area contributed by atoms with Gasteiger partial charge in [0.25, 0.3) is 5.91 Å². The zero-order chi connectivity index (χ0) is 18.5. The molecule has 0 aliphatic heterocycles. The summed E-state index contributed by atoms with van der Waals surface area (Å²) in [6.07, 6.45) is 7.14. The van der Waals surface area contributed by atoms with Crippen molar-refractivity contribution in [3.05, 3.63) is 65.4 Å². The second-order valence-electron chi connectivity index (χ2n) is 5.71. The molecule has 0 aliphatic carbocycles. The lowest BCUT2D eigenvalue weighted by atomic mass is 10.1. The molecule has 5 heteroatoms. The van der Waals surface area contributed by atoms with Gasteiger partial charge in [0.1, 0.15) is 5.75 Å². The third-order valence-corrected chi connectivity index (χ3v) is 4.24. The van der Waals surface area contributed by atoms with Gasteiger partial charge in [0.15, 0.2) is 0 Å². The maximum atomic E-state index is 12.3. The average Bonchev–Trinajstić information content (AvgIpc) is 2.94. The first-order valence-electron chi connectivity index (χ1n) is 8.15. The summed E-state index contributed by atoms with van der Waals surface area (Å²) in [4.78, 5) is 12.3. The van der Waals surface area contributed by atoms with Crippen molar-refractivity contribution < 1.29 is 9.53 Å². The highest BCUT2D eigenvalue weighted by Gasteiger charge is 2.13. The molecule has 3 rings (SSSR count). The molecule has 1 aromatic heterocycles. The van der Waals surface area contributed by atoms with Gasteiger partial charge in [0.05, 0.1) is 25.4 Å². The molecule has 0 fully saturated rings. The fraction of sp³-hybridized carbons (Fsp3) is 0.143. The van der Waals surface area contributed by atoms with Gasteiger partial charge in [-0.2, -0.15) is 5.10 Å². The van der Waals surface area contributed by atoms with E-state index >= 15 is 0 Å². The molecule has 0 radical (unpaired) electrons. The van der Waals surface area contributed by atoms with Crippen LogP contribution in [0, 0.1) is 19.3 Å². The number of methoxy groups -OCH3 is 1. The molecule has 0 saturated heterocycles. The van der Waals surface area contributed by atoms with E-state index in [1.54, 1.807) is 24.4 Å². The third kappa shape index (κ3) is 3.17. The third-order valence-electron chi connectivity index (χ3n) is 4.24. The largest absolute Gasteiger partial charge is 0.496 e. The van der Waals surface area contributed by atoms with Crippen LogP contribution < -0.4 is 10.2 Å². The van der Waals surface area contributed by atoms with Crippen molar-refractivity contribution in [2.24, 2.45) is 5.10 Å². The molecule has 130 valence electrons. The fourth-order valence-corrected chi connectivity index (χ4v) is 2.96. The number of benzene rings is 2. The van der Waals surface area contributed by atoms with Crippen LogP contribution in [0.2, 0.25) is 0 Å². The van der Waals surface area contributed by atoms with E-state index in [0.717, 1.165) is 22.2 Å². The molecular weight excluding hydrogens is 326 g/mol. The molecule has 0 atom stereocenters. The SMILES string of the molecule is C#CCn1c(C)c(/C=N\NC(=O)c2ccccc2OC)c2ccccc21. The van der Waals surface area contributed by atoms with Crippen LogP contribution in [0.3, 0.4) is 0 Å². The summed E-state index contributed by atoms with van der Waals surface area (Å²) < 4.78 is 7.26. The molecule has 2 aromatic carbocycles. The Kier molecular flexibility index (Phi) is 5.04. The zero-order valence-electron chi connectivity index (χ0n) is 14.7. The molecule has 0 aliphatic rings. The van der Waals surface area contributed by atoms with Crippen LogP contribution in [0.4, 0.5) is 0 Å². The molecule has 0 saturated carbocycles. The number of hydrazone groups is 1. The Bertz CT molecular complexity index is 1030. The number of aromatic nitrogens is 1. The first-order chi connectivity index (χ1) is 12.7. The first kappa shape index (κ1) is 17.3. The standard InChI is InChI=1S/C21H19N3O2/c1-4-13-24-15(2)18(16-9-5-7-11-19(16)24)14-22-23-21(25)17-10-6-8-12-20(17)26-3/h1,5-12,14H,13H2,2-3H3,(H,23,25)/b22-14-. The minimum Gasteiger partial charge on any atom is -0.496 e. The van der Waals surface area contributed by atoms with Crippen LogP contribution in [0.25, 0.3) is 10.9 Å². The average molecular weight is 345 g/mol. The van der Waals surface area contributed by atoms with E-state index in [4.69, 9.17) is 11.2 Å². The lowest BCUT2D eigenvalue weighted by Crippen LogP contribution is -2.18. The van der Waals surface area contributed by atoms with Crippen molar-refractivity contribution in [2.45, 2.75) is 13.5 Å². The highest BCUT2D eigenvalue weighted by molar-refractivity contribution is 6.02. The molecule has 0 spiro atoms. The normalized spacial score (nSPS) is 10.8. The number of para-hydroxylation sites is 2. The second-order valence-corrected chi connectivity index (χ2v) is 5.71. The lowest BCUT2D eigenvalue weighted by molar-refractivity contribution is 0.0952. The Hall–Kier alpha value is -3.52. The predicted molar refractivity (Wildman–Crippen MR) is 104 cm³/mol. The van der Waals surface area contributed by atoms with Crippen LogP contribution in [0.15, 0.2) is 53.6 Å². The molecule has 5 nitrogen and oxygen atoms in total. The minimum atomic E-state index is -0.330. The summed E-state index contributed by atoms with van der Waals surface area (Å²) >= 11 is 0. The summed E-state index contributed by atoms with van der Waals surface area (Å²) in [7, 11) is 1.53. The number of hydrogen-bond acceptors (Lipinski definition) is 3. The molecular formula is C21H19N3O2. The van der Waals surface area contributed by atoms with E-state index in [1.807, 2.05) is 37.3 Å². The summed E-state index contributed by atoms with van der Waals surface area (Å²) in [5, 5.41) is 5.17. The van der Waals surface area contributed by atoms with E-state index in [1.165, 1.54) is 7.11 Å². The number of terminal acetylenes is 1. The Morgan fingerprint density at radius 1 is 1.27 bits per heavy atom. The predicted octanol–water partition coefficient (Wildman–Crippen LogP) is 3.36. The number of carbonyl (C=O) groups is 1. The summed E-state index contributed by atoms with van der Waals surface area (Å²) in [5.74, 6) is 2.85. The highest BCUT2D eigenvalue weighted by Crippen LogP contribution is 2.24. The van der Waals surface area contributed by atoms with E-state index in [9.17, 15) is 4.79 Å². The summed E-state index contributed by atoms with van der Waals surface area (Å²) in [6.45, 7) is 2.47. The monoisotopic (exact) mass is 345 g/mol. The van der Waals surface area contributed by atoms with Gasteiger partial charge in [0, 0.05) is 22.2 Å². The molecule has 26 heavy (non-hydrogen) atoms. The maximum Gasteiger partial charge on any atom is 0.275 e. The van der Waals surface area contributed by atoms with Gasteiger partial charge in [-0.15, -0.1) is 6.42 Å². The summed E-state index contributed by atoms with van der Waals surface area (Å²) in [5.41, 5.74) is 5.95. The second kappa shape index (κ2) is 7.58. The molecule has 0 bridgehead atoms. The maximum absolute atomic E-state index is 12.3. The Morgan fingerprint density at radius 2 is 2.00 bits per heavy atom. The molecule has 1 heterocycles. The van der Waals surface area contributed by atoms with Crippen molar-refractivity contribution in [1.82, 2.24) is 9.99 Å². The first-order valence-corrected chi connectivity index (χ1v) is 8.15. The Labute approximate surface area is 152 Å².